The van der Waals surface area contributed by atoms with Crippen LogP contribution >= 0.6 is 0 Å². The summed E-state index contributed by atoms with van der Waals surface area (Å²) < 4.78 is 36.5. The van der Waals surface area contributed by atoms with Crippen molar-refractivity contribution in [2.45, 2.75) is 6.04 Å². The topological polar surface area (TPSA) is 79.9 Å². The summed E-state index contributed by atoms with van der Waals surface area (Å²) in [5, 5.41) is 5.04. The molecule has 0 aromatic heterocycles. The third-order valence-corrected chi connectivity index (χ3v) is 3.53. The van der Waals surface area contributed by atoms with Crippen LogP contribution in [0.4, 0.5) is 13.6 Å². The number of benzene rings is 1. The van der Waals surface area contributed by atoms with Gasteiger partial charge >= 0.3 is 6.03 Å². The molecule has 1 atom stereocenters. The van der Waals surface area contributed by atoms with Crippen LogP contribution in [0.25, 0.3) is 0 Å². The minimum absolute atomic E-state index is 0.0653. The molecule has 0 radical (unpaired) electrons. The molecule has 0 bridgehead atoms. The SMILES string of the molecule is CNC(=O)NCC1COCCN1C(=O)COc1ccc(F)c(F)c1. The third kappa shape index (κ3) is 4.79. The first kappa shape index (κ1) is 17.9. The van der Waals surface area contributed by atoms with Crippen molar-refractivity contribution in [3.8, 4) is 5.75 Å². The highest BCUT2D eigenvalue weighted by molar-refractivity contribution is 5.78. The standard InChI is InChI=1S/C15H19F2N3O4/c1-18-15(22)19-7-10-8-23-5-4-20(10)14(21)9-24-11-2-3-12(16)13(17)6-11/h2-3,6,10H,4-5,7-9H2,1H3,(H2,18,19,22). The number of urea groups is 1. The van der Waals surface area contributed by atoms with Crippen LogP contribution in [0.15, 0.2) is 18.2 Å². The smallest absolute Gasteiger partial charge is 0.314 e. The highest BCUT2D eigenvalue weighted by Crippen LogP contribution is 2.16. The maximum absolute atomic E-state index is 13.1. The average Bonchev–Trinajstić information content (AvgIpc) is 2.60. The van der Waals surface area contributed by atoms with Crippen molar-refractivity contribution in [1.29, 1.82) is 0 Å². The predicted octanol–water partition coefficient (Wildman–Crippen LogP) is 0.500. The van der Waals surface area contributed by atoms with Gasteiger partial charge in [-0.2, -0.15) is 0 Å². The molecule has 132 valence electrons. The molecule has 7 nitrogen and oxygen atoms in total. The molecule has 0 aliphatic carbocycles. The van der Waals surface area contributed by atoms with Crippen molar-refractivity contribution in [3.05, 3.63) is 29.8 Å². The van der Waals surface area contributed by atoms with E-state index in [0.29, 0.717) is 19.8 Å². The molecule has 1 heterocycles. The van der Waals surface area contributed by atoms with Gasteiger partial charge in [0.1, 0.15) is 5.75 Å². The Balaban J connectivity index is 1.90. The van der Waals surface area contributed by atoms with Gasteiger partial charge < -0.3 is 25.0 Å². The lowest BCUT2D eigenvalue weighted by Gasteiger charge is -2.35. The number of amides is 3. The van der Waals surface area contributed by atoms with Crippen LogP contribution in [-0.2, 0) is 9.53 Å². The molecular formula is C15H19F2N3O4. The molecule has 1 aromatic carbocycles. The van der Waals surface area contributed by atoms with E-state index in [1.165, 1.54) is 13.1 Å². The van der Waals surface area contributed by atoms with E-state index in [9.17, 15) is 18.4 Å². The summed E-state index contributed by atoms with van der Waals surface area (Å²) in [6, 6.07) is 2.38. The maximum Gasteiger partial charge on any atom is 0.314 e. The third-order valence-electron chi connectivity index (χ3n) is 3.53. The number of carbonyl (C=O) groups is 2. The summed E-state index contributed by atoms with van der Waals surface area (Å²) in [6.07, 6.45) is 0. The second-order valence-electron chi connectivity index (χ2n) is 5.14. The van der Waals surface area contributed by atoms with Crippen molar-refractivity contribution in [1.82, 2.24) is 15.5 Å². The lowest BCUT2D eigenvalue weighted by molar-refractivity contribution is -0.141. The maximum atomic E-state index is 13.1. The summed E-state index contributed by atoms with van der Waals surface area (Å²) in [6.45, 7) is 0.951. The molecule has 2 N–H and O–H groups in total. The predicted molar refractivity (Wildman–Crippen MR) is 80.6 cm³/mol. The Morgan fingerprint density at radius 3 is 2.88 bits per heavy atom. The van der Waals surface area contributed by atoms with E-state index in [-0.39, 0.29) is 36.9 Å². The number of nitrogens with zero attached hydrogens (tertiary/aromatic N) is 1. The first-order chi connectivity index (χ1) is 11.5. The second kappa shape index (κ2) is 8.44. The highest BCUT2D eigenvalue weighted by Gasteiger charge is 2.27. The molecule has 24 heavy (non-hydrogen) atoms. The van der Waals surface area contributed by atoms with Gasteiger partial charge in [-0.05, 0) is 12.1 Å². The monoisotopic (exact) mass is 343 g/mol. The van der Waals surface area contributed by atoms with Crippen LogP contribution in [0.2, 0.25) is 0 Å². The fraction of sp³-hybridized carbons (Fsp3) is 0.467. The van der Waals surface area contributed by atoms with Crippen LogP contribution in [-0.4, -0.2) is 62.8 Å². The molecule has 1 saturated heterocycles. The molecule has 1 aliphatic heterocycles. The van der Waals surface area contributed by atoms with Crippen molar-refractivity contribution >= 4 is 11.9 Å². The number of morpholine rings is 1. The number of nitrogens with one attached hydrogen (secondary N) is 2. The number of hydrogen-bond donors (Lipinski definition) is 2. The summed E-state index contributed by atoms with van der Waals surface area (Å²) >= 11 is 0. The fourth-order valence-corrected chi connectivity index (χ4v) is 2.25. The molecule has 0 spiro atoms. The van der Waals surface area contributed by atoms with Gasteiger partial charge in [0.15, 0.2) is 18.2 Å². The Hall–Kier alpha value is -2.42. The molecule has 3 amide bonds. The normalized spacial score (nSPS) is 17.3. The Bertz CT molecular complexity index is 600. The van der Waals surface area contributed by atoms with Gasteiger partial charge in [-0.1, -0.05) is 0 Å². The van der Waals surface area contributed by atoms with E-state index in [1.807, 2.05) is 0 Å². The quantitative estimate of drug-likeness (QED) is 0.816. The van der Waals surface area contributed by atoms with E-state index in [2.05, 4.69) is 10.6 Å². The summed E-state index contributed by atoms with van der Waals surface area (Å²) in [5.41, 5.74) is 0. The molecule has 1 unspecified atom stereocenters. The van der Waals surface area contributed by atoms with Gasteiger partial charge in [-0.25, -0.2) is 13.6 Å². The molecule has 0 saturated carbocycles. The fourth-order valence-electron chi connectivity index (χ4n) is 2.25. The van der Waals surface area contributed by atoms with E-state index < -0.39 is 11.6 Å². The Kier molecular flexibility index (Phi) is 6.30. The zero-order chi connectivity index (χ0) is 17.5. The largest absolute Gasteiger partial charge is 0.484 e. The van der Waals surface area contributed by atoms with Crippen molar-refractivity contribution in [2.75, 3.05) is 40.0 Å². The van der Waals surface area contributed by atoms with Gasteiger partial charge in [0, 0.05) is 26.2 Å². The second-order valence-corrected chi connectivity index (χ2v) is 5.14. The summed E-state index contributed by atoms with van der Waals surface area (Å²) in [7, 11) is 1.49. The Morgan fingerprint density at radius 2 is 2.17 bits per heavy atom. The van der Waals surface area contributed by atoms with Gasteiger partial charge in [0.2, 0.25) is 0 Å². The summed E-state index contributed by atoms with van der Waals surface area (Å²) in [4.78, 5) is 25.1. The van der Waals surface area contributed by atoms with Gasteiger partial charge in [-0.3, -0.25) is 4.79 Å². The molecule has 1 fully saturated rings. The Labute approximate surface area is 137 Å². The molecule has 2 rings (SSSR count). The summed E-state index contributed by atoms with van der Waals surface area (Å²) in [5.74, 6) is -2.29. The molecule has 1 aromatic rings. The van der Waals surface area contributed by atoms with Gasteiger partial charge in [0.25, 0.3) is 5.91 Å². The van der Waals surface area contributed by atoms with E-state index in [1.54, 1.807) is 4.90 Å². The van der Waals surface area contributed by atoms with E-state index >= 15 is 0 Å². The first-order valence-corrected chi connectivity index (χ1v) is 7.42. The lowest BCUT2D eigenvalue weighted by Crippen LogP contribution is -2.55. The van der Waals surface area contributed by atoms with Crippen LogP contribution in [0.1, 0.15) is 0 Å². The van der Waals surface area contributed by atoms with Crippen LogP contribution in [0, 0.1) is 11.6 Å². The highest BCUT2D eigenvalue weighted by atomic mass is 19.2. The van der Waals surface area contributed by atoms with Gasteiger partial charge in [-0.15, -0.1) is 0 Å². The van der Waals surface area contributed by atoms with Crippen LogP contribution in [0.3, 0.4) is 0 Å². The van der Waals surface area contributed by atoms with Crippen molar-refractivity contribution in [3.63, 3.8) is 0 Å². The van der Waals surface area contributed by atoms with Crippen LogP contribution in [0.5, 0.6) is 5.75 Å². The molecular weight excluding hydrogens is 324 g/mol. The van der Waals surface area contributed by atoms with Crippen molar-refractivity contribution in [2.24, 2.45) is 0 Å². The zero-order valence-electron chi connectivity index (χ0n) is 13.2. The number of rotatable bonds is 5. The van der Waals surface area contributed by atoms with E-state index in [0.717, 1.165) is 12.1 Å². The van der Waals surface area contributed by atoms with E-state index in [4.69, 9.17) is 9.47 Å². The molecule has 9 heteroatoms. The minimum atomic E-state index is -1.04. The van der Waals surface area contributed by atoms with Gasteiger partial charge in [0.05, 0.1) is 19.3 Å². The number of halogens is 2. The Morgan fingerprint density at radius 1 is 1.38 bits per heavy atom. The van der Waals surface area contributed by atoms with Crippen molar-refractivity contribution < 1.29 is 27.8 Å². The number of carbonyl (C=O) groups excluding carboxylic acids is 2. The average molecular weight is 343 g/mol. The first-order valence-electron chi connectivity index (χ1n) is 7.42. The van der Waals surface area contributed by atoms with Crippen LogP contribution < -0.4 is 15.4 Å². The zero-order valence-corrected chi connectivity index (χ0v) is 13.2. The number of ether oxygens (including phenoxy) is 2. The number of hydrogen-bond acceptors (Lipinski definition) is 4. The minimum Gasteiger partial charge on any atom is -0.484 e. The molecule has 1 aliphatic rings. The lowest BCUT2D eigenvalue weighted by atomic mass is 10.2.